The second kappa shape index (κ2) is 5.12. The lowest BCUT2D eigenvalue weighted by Crippen LogP contribution is -2.25. The van der Waals surface area contributed by atoms with Crippen molar-refractivity contribution in [3.63, 3.8) is 0 Å². The molecule has 4 nitrogen and oxygen atoms in total. The zero-order valence-corrected chi connectivity index (χ0v) is 7.73. The largest absolute Gasteiger partial charge is 0.370 e. The minimum Gasteiger partial charge on any atom is -0.370 e. The van der Waals surface area contributed by atoms with Crippen LogP contribution in [0.1, 0.15) is 13.3 Å². The highest BCUT2D eigenvalue weighted by atomic mass is 32.2. The molecule has 5 heteroatoms. The second-order valence-electron chi connectivity index (χ2n) is 2.47. The molecule has 2 atom stereocenters. The molecule has 0 aromatic rings. The fourth-order valence-electron chi connectivity index (χ4n) is 0.656. The maximum Gasteiger partial charge on any atom is 0.186 e. The lowest BCUT2D eigenvalue weighted by molar-refractivity contribution is 0.671. The molecule has 0 fully saturated rings. The first kappa shape index (κ1) is 10.4. The van der Waals surface area contributed by atoms with Crippen LogP contribution in [0, 0.1) is 0 Å². The van der Waals surface area contributed by atoms with Gasteiger partial charge in [0.05, 0.1) is 6.04 Å². The van der Waals surface area contributed by atoms with E-state index in [2.05, 4.69) is 4.99 Å². The molecule has 0 aliphatic heterocycles. The predicted molar refractivity (Wildman–Crippen MR) is 48.8 cm³/mol. The zero-order valence-electron chi connectivity index (χ0n) is 6.91. The van der Waals surface area contributed by atoms with E-state index in [-0.39, 0.29) is 12.0 Å². The third kappa shape index (κ3) is 7.32. The fourth-order valence-corrected chi connectivity index (χ4v) is 1.33. The van der Waals surface area contributed by atoms with Crippen molar-refractivity contribution in [2.24, 2.45) is 16.5 Å². The summed E-state index contributed by atoms with van der Waals surface area (Å²) in [5, 5.41) is 0. The van der Waals surface area contributed by atoms with Gasteiger partial charge in [-0.25, -0.2) is 0 Å². The van der Waals surface area contributed by atoms with E-state index in [9.17, 15) is 4.21 Å². The number of nitrogens with two attached hydrogens (primary N) is 2. The highest BCUT2D eigenvalue weighted by molar-refractivity contribution is 7.84. The molecular formula is C6H15N3OS. The maximum atomic E-state index is 10.6. The van der Waals surface area contributed by atoms with Gasteiger partial charge in [-0.15, -0.1) is 0 Å². The van der Waals surface area contributed by atoms with Crippen LogP contribution in [-0.2, 0) is 10.8 Å². The molecule has 0 aliphatic carbocycles. The molecule has 4 N–H and O–H groups in total. The first-order valence-corrected chi connectivity index (χ1v) is 5.14. The van der Waals surface area contributed by atoms with Crippen LogP contribution in [0.2, 0.25) is 0 Å². The Labute approximate surface area is 69.5 Å². The van der Waals surface area contributed by atoms with Crippen molar-refractivity contribution in [1.82, 2.24) is 0 Å². The standard InChI is InChI=1S/C6H15N3OS/c1-5(9-6(7)8)3-4-11(2)10/h5H,3-4H2,1-2H3,(H4,7,8,9). The van der Waals surface area contributed by atoms with E-state index < -0.39 is 10.8 Å². The number of guanidine groups is 1. The van der Waals surface area contributed by atoms with Gasteiger partial charge in [-0.1, -0.05) is 0 Å². The van der Waals surface area contributed by atoms with E-state index in [1.54, 1.807) is 6.26 Å². The Morgan fingerprint density at radius 2 is 2.18 bits per heavy atom. The molecule has 0 aromatic heterocycles. The average Bonchev–Trinajstić information content (AvgIpc) is 1.82. The highest BCUT2D eigenvalue weighted by Gasteiger charge is 2.00. The van der Waals surface area contributed by atoms with E-state index >= 15 is 0 Å². The monoisotopic (exact) mass is 177 g/mol. The molecule has 11 heavy (non-hydrogen) atoms. The van der Waals surface area contributed by atoms with Gasteiger partial charge in [0.2, 0.25) is 0 Å². The Balaban J connectivity index is 3.61. The van der Waals surface area contributed by atoms with E-state index in [1.165, 1.54) is 0 Å². The Kier molecular flexibility index (Phi) is 4.85. The van der Waals surface area contributed by atoms with E-state index in [0.29, 0.717) is 5.75 Å². The molecule has 0 heterocycles. The molecule has 0 bridgehead atoms. The summed E-state index contributed by atoms with van der Waals surface area (Å²) in [6.07, 6.45) is 2.43. The minimum absolute atomic E-state index is 0.0731. The summed E-state index contributed by atoms with van der Waals surface area (Å²) in [5.41, 5.74) is 10.3. The van der Waals surface area contributed by atoms with Gasteiger partial charge in [-0.2, -0.15) is 0 Å². The first-order chi connectivity index (χ1) is 5.02. The summed E-state index contributed by atoms with van der Waals surface area (Å²) >= 11 is 0. The van der Waals surface area contributed by atoms with Crippen molar-refractivity contribution in [2.75, 3.05) is 12.0 Å². The molecule has 0 rings (SSSR count). The molecule has 0 aliphatic rings. The van der Waals surface area contributed by atoms with Gasteiger partial charge in [0.1, 0.15) is 0 Å². The molecular weight excluding hydrogens is 162 g/mol. The average molecular weight is 177 g/mol. The third-order valence-corrected chi connectivity index (χ3v) is 2.00. The van der Waals surface area contributed by atoms with Crippen molar-refractivity contribution in [3.8, 4) is 0 Å². The van der Waals surface area contributed by atoms with Crippen LogP contribution in [0.15, 0.2) is 4.99 Å². The number of hydrogen-bond acceptors (Lipinski definition) is 2. The molecule has 2 unspecified atom stereocenters. The summed E-state index contributed by atoms with van der Waals surface area (Å²) in [6.45, 7) is 1.90. The van der Waals surface area contributed by atoms with E-state index in [4.69, 9.17) is 11.5 Å². The van der Waals surface area contributed by atoms with Crippen LogP contribution in [0.4, 0.5) is 0 Å². The molecule has 0 saturated heterocycles. The van der Waals surface area contributed by atoms with Gasteiger partial charge in [-0.3, -0.25) is 9.20 Å². The normalized spacial score (nSPS) is 15.5. The Morgan fingerprint density at radius 3 is 2.55 bits per heavy atom. The number of nitrogens with zero attached hydrogens (tertiary/aromatic N) is 1. The predicted octanol–water partition coefficient (Wildman–Crippen LogP) is -0.583. The lowest BCUT2D eigenvalue weighted by atomic mass is 10.3. The van der Waals surface area contributed by atoms with Crippen LogP contribution in [-0.4, -0.2) is 28.2 Å². The highest BCUT2D eigenvalue weighted by Crippen LogP contribution is 1.96. The number of hydrogen-bond donors (Lipinski definition) is 2. The second-order valence-corrected chi connectivity index (χ2v) is 4.02. The number of rotatable bonds is 4. The van der Waals surface area contributed by atoms with Crippen molar-refractivity contribution in [1.29, 1.82) is 0 Å². The summed E-state index contributed by atoms with van der Waals surface area (Å²) < 4.78 is 10.6. The number of aliphatic imine (C=N–C) groups is 1. The third-order valence-electron chi connectivity index (χ3n) is 1.19. The van der Waals surface area contributed by atoms with Gasteiger partial charge >= 0.3 is 0 Å². The maximum absolute atomic E-state index is 10.6. The summed E-state index contributed by atoms with van der Waals surface area (Å²) in [4.78, 5) is 3.89. The summed E-state index contributed by atoms with van der Waals surface area (Å²) in [7, 11) is -0.752. The van der Waals surface area contributed by atoms with Crippen molar-refractivity contribution in [3.05, 3.63) is 0 Å². The quantitative estimate of drug-likeness (QED) is 0.445. The van der Waals surface area contributed by atoms with Crippen molar-refractivity contribution in [2.45, 2.75) is 19.4 Å². The van der Waals surface area contributed by atoms with Gasteiger partial charge in [0, 0.05) is 22.8 Å². The Hall–Kier alpha value is -0.580. The van der Waals surface area contributed by atoms with Crippen LogP contribution in [0.25, 0.3) is 0 Å². The molecule has 66 valence electrons. The van der Waals surface area contributed by atoms with Crippen molar-refractivity contribution >= 4 is 16.8 Å². The van der Waals surface area contributed by atoms with Crippen LogP contribution < -0.4 is 11.5 Å². The van der Waals surface area contributed by atoms with Gasteiger partial charge in [-0.05, 0) is 13.3 Å². The SMILES string of the molecule is CC(CCS(C)=O)N=C(N)N. The summed E-state index contributed by atoms with van der Waals surface area (Å²) in [5.74, 6) is 0.747. The van der Waals surface area contributed by atoms with Crippen molar-refractivity contribution < 1.29 is 4.21 Å². The van der Waals surface area contributed by atoms with E-state index in [0.717, 1.165) is 6.42 Å². The zero-order chi connectivity index (χ0) is 8.85. The molecule has 0 aromatic carbocycles. The van der Waals surface area contributed by atoms with Crippen LogP contribution >= 0.6 is 0 Å². The van der Waals surface area contributed by atoms with E-state index in [1.807, 2.05) is 6.92 Å². The van der Waals surface area contributed by atoms with Gasteiger partial charge in [0.25, 0.3) is 0 Å². The molecule has 0 radical (unpaired) electrons. The lowest BCUT2D eigenvalue weighted by Gasteiger charge is -2.03. The molecule has 0 saturated carbocycles. The van der Waals surface area contributed by atoms with Gasteiger partial charge in [0.15, 0.2) is 5.96 Å². The smallest absolute Gasteiger partial charge is 0.186 e. The topological polar surface area (TPSA) is 81.5 Å². The van der Waals surface area contributed by atoms with Crippen LogP contribution in [0.5, 0.6) is 0 Å². The Bertz CT molecular complexity index is 165. The molecule has 0 amide bonds. The summed E-state index contributed by atoms with van der Waals surface area (Å²) in [6, 6.07) is 0.0731. The first-order valence-electron chi connectivity index (χ1n) is 3.41. The fraction of sp³-hybridized carbons (Fsp3) is 0.833. The van der Waals surface area contributed by atoms with Gasteiger partial charge < -0.3 is 11.5 Å². The Morgan fingerprint density at radius 1 is 1.64 bits per heavy atom. The minimum atomic E-state index is -0.752. The molecule has 0 spiro atoms. The van der Waals surface area contributed by atoms with Crippen LogP contribution in [0.3, 0.4) is 0 Å².